The Kier molecular flexibility index (Phi) is 5.53. The van der Waals surface area contributed by atoms with Crippen LogP contribution in [0.2, 0.25) is 0 Å². The molecule has 1 aliphatic rings. The molecular weight excluding hydrogens is 427 g/mol. The number of benzene rings is 2. The molecule has 1 fully saturated rings. The van der Waals surface area contributed by atoms with E-state index in [1.807, 2.05) is 6.07 Å². The number of hydrogen-bond donors (Lipinski definition) is 1. The standard InChI is InChI=1S/C22H18F3N3O2S/c1-13-19(31-21(26-13)14-7-9-15(10-8-14)22(23,24)25)20(30)27-16-4-2-5-17(12-16)28-11-3-6-18(28)29/h2,4-5,7-10,12H,3,6,11H2,1H3,(H,27,30). The molecule has 0 spiro atoms. The first kappa shape index (κ1) is 21.0. The second-order valence-corrected chi connectivity index (χ2v) is 8.16. The molecule has 0 bridgehead atoms. The summed E-state index contributed by atoms with van der Waals surface area (Å²) in [6.45, 7) is 2.33. The lowest BCUT2D eigenvalue weighted by molar-refractivity contribution is -0.137. The van der Waals surface area contributed by atoms with Gasteiger partial charge in [-0.1, -0.05) is 18.2 Å². The number of nitrogens with zero attached hydrogens (tertiary/aromatic N) is 2. The van der Waals surface area contributed by atoms with Crippen molar-refractivity contribution in [1.29, 1.82) is 0 Å². The molecule has 0 radical (unpaired) electrons. The molecule has 4 rings (SSSR count). The van der Waals surface area contributed by atoms with Crippen LogP contribution in [0.15, 0.2) is 48.5 Å². The normalized spacial score (nSPS) is 14.2. The summed E-state index contributed by atoms with van der Waals surface area (Å²) in [5.41, 5.74) is 1.54. The Bertz CT molecular complexity index is 1140. The topological polar surface area (TPSA) is 62.3 Å². The number of thiazole rings is 1. The van der Waals surface area contributed by atoms with Crippen molar-refractivity contribution < 1.29 is 22.8 Å². The first-order valence-corrected chi connectivity index (χ1v) is 10.4. The van der Waals surface area contributed by atoms with E-state index in [1.165, 1.54) is 12.1 Å². The fourth-order valence-electron chi connectivity index (χ4n) is 3.39. The van der Waals surface area contributed by atoms with E-state index in [1.54, 1.807) is 30.0 Å². The predicted molar refractivity (Wildman–Crippen MR) is 113 cm³/mol. The van der Waals surface area contributed by atoms with Gasteiger partial charge in [-0.3, -0.25) is 9.59 Å². The molecule has 0 atom stereocenters. The van der Waals surface area contributed by atoms with Gasteiger partial charge in [0.25, 0.3) is 5.91 Å². The lowest BCUT2D eigenvalue weighted by Gasteiger charge is -2.16. The van der Waals surface area contributed by atoms with E-state index in [4.69, 9.17) is 0 Å². The summed E-state index contributed by atoms with van der Waals surface area (Å²) in [6.07, 6.45) is -3.08. The maximum absolute atomic E-state index is 12.8. The number of aromatic nitrogens is 1. The van der Waals surface area contributed by atoms with Gasteiger partial charge in [-0.15, -0.1) is 11.3 Å². The van der Waals surface area contributed by atoms with E-state index in [0.717, 1.165) is 35.6 Å². The third-order valence-electron chi connectivity index (χ3n) is 4.95. The van der Waals surface area contributed by atoms with Crippen LogP contribution in [0.4, 0.5) is 24.5 Å². The summed E-state index contributed by atoms with van der Waals surface area (Å²) in [6, 6.07) is 11.7. The van der Waals surface area contributed by atoms with Gasteiger partial charge in [0.15, 0.2) is 0 Å². The largest absolute Gasteiger partial charge is 0.416 e. The van der Waals surface area contributed by atoms with Crippen molar-refractivity contribution in [2.45, 2.75) is 25.9 Å². The summed E-state index contributed by atoms with van der Waals surface area (Å²) < 4.78 is 38.3. The number of rotatable bonds is 4. The molecule has 0 aliphatic carbocycles. The molecular formula is C22H18F3N3O2S. The summed E-state index contributed by atoms with van der Waals surface area (Å²) in [7, 11) is 0. The van der Waals surface area contributed by atoms with Crippen LogP contribution in [0.1, 0.15) is 33.8 Å². The van der Waals surface area contributed by atoms with Crippen molar-refractivity contribution >= 4 is 34.5 Å². The minimum absolute atomic E-state index is 0.0583. The third kappa shape index (κ3) is 4.46. The molecule has 31 heavy (non-hydrogen) atoms. The lowest BCUT2D eigenvalue weighted by atomic mass is 10.1. The van der Waals surface area contributed by atoms with Gasteiger partial charge in [0.05, 0.1) is 11.3 Å². The highest BCUT2D eigenvalue weighted by Crippen LogP contribution is 2.33. The van der Waals surface area contributed by atoms with Crippen LogP contribution in [-0.4, -0.2) is 23.3 Å². The molecule has 2 heterocycles. The van der Waals surface area contributed by atoms with Crippen molar-refractivity contribution in [2.75, 3.05) is 16.8 Å². The Balaban J connectivity index is 1.52. The van der Waals surface area contributed by atoms with Crippen LogP contribution in [-0.2, 0) is 11.0 Å². The van der Waals surface area contributed by atoms with Gasteiger partial charge in [-0.2, -0.15) is 13.2 Å². The van der Waals surface area contributed by atoms with Crippen LogP contribution >= 0.6 is 11.3 Å². The first-order chi connectivity index (χ1) is 14.7. The molecule has 2 aromatic carbocycles. The average molecular weight is 445 g/mol. The number of amides is 2. The van der Waals surface area contributed by atoms with Gasteiger partial charge in [-0.25, -0.2) is 4.98 Å². The molecule has 2 amide bonds. The highest BCUT2D eigenvalue weighted by molar-refractivity contribution is 7.17. The number of carbonyl (C=O) groups is 2. The van der Waals surface area contributed by atoms with Crippen molar-refractivity contribution in [2.24, 2.45) is 0 Å². The van der Waals surface area contributed by atoms with Crippen molar-refractivity contribution in [1.82, 2.24) is 4.98 Å². The number of halogens is 3. The Morgan fingerprint density at radius 1 is 1.16 bits per heavy atom. The van der Waals surface area contributed by atoms with E-state index in [-0.39, 0.29) is 11.8 Å². The SMILES string of the molecule is Cc1nc(-c2ccc(C(F)(F)F)cc2)sc1C(=O)Nc1cccc(N2CCCC2=O)c1. The Morgan fingerprint density at radius 2 is 1.90 bits per heavy atom. The molecule has 0 saturated carbocycles. The molecule has 9 heteroatoms. The minimum Gasteiger partial charge on any atom is -0.321 e. The Morgan fingerprint density at radius 3 is 2.55 bits per heavy atom. The van der Waals surface area contributed by atoms with Gasteiger partial charge in [0.2, 0.25) is 5.91 Å². The zero-order chi connectivity index (χ0) is 22.2. The van der Waals surface area contributed by atoms with Gasteiger partial charge < -0.3 is 10.2 Å². The van der Waals surface area contributed by atoms with E-state index in [0.29, 0.717) is 39.8 Å². The van der Waals surface area contributed by atoms with Gasteiger partial charge in [0.1, 0.15) is 9.88 Å². The van der Waals surface area contributed by atoms with Crippen LogP contribution in [0.3, 0.4) is 0 Å². The highest BCUT2D eigenvalue weighted by Gasteiger charge is 2.30. The monoisotopic (exact) mass is 445 g/mol. The second kappa shape index (κ2) is 8.14. The van der Waals surface area contributed by atoms with Crippen molar-refractivity contribution in [3.8, 4) is 10.6 Å². The predicted octanol–water partition coefficient (Wildman–Crippen LogP) is 5.52. The molecule has 5 nitrogen and oxygen atoms in total. The number of alkyl halides is 3. The summed E-state index contributed by atoms with van der Waals surface area (Å²) in [4.78, 5) is 31.2. The maximum Gasteiger partial charge on any atom is 0.416 e. The Labute approximate surface area is 180 Å². The number of aryl methyl sites for hydroxylation is 1. The van der Waals surface area contributed by atoms with Crippen molar-refractivity contribution in [3.63, 3.8) is 0 Å². The van der Waals surface area contributed by atoms with E-state index >= 15 is 0 Å². The van der Waals surface area contributed by atoms with Gasteiger partial charge in [0, 0.05) is 29.9 Å². The third-order valence-corrected chi connectivity index (χ3v) is 6.16. The number of hydrogen-bond acceptors (Lipinski definition) is 4. The number of anilines is 2. The highest BCUT2D eigenvalue weighted by atomic mass is 32.1. The second-order valence-electron chi connectivity index (χ2n) is 7.16. The molecule has 1 aliphatic heterocycles. The number of nitrogens with one attached hydrogen (secondary N) is 1. The lowest BCUT2D eigenvalue weighted by Crippen LogP contribution is -2.23. The minimum atomic E-state index is -4.41. The summed E-state index contributed by atoms with van der Waals surface area (Å²) >= 11 is 1.11. The average Bonchev–Trinajstić information content (AvgIpc) is 3.33. The van der Waals surface area contributed by atoms with Gasteiger partial charge in [-0.05, 0) is 43.7 Å². The smallest absolute Gasteiger partial charge is 0.321 e. The van der Waals surface area contributed by atoms with E-state index < -0.39 is 11.7 Å². The van der Waals surface area contributed by atoms with Crippen LogP contribution in [0, 0.1) is 6.92 Å². The first-order valence-electron chi connectivity index (χ1n) is 9.59. The summed E-state index contributed by atoms with van der Waals surface area (Å²) in [5, 5.41) is 3.28. The van der Waals surface area contributed by atoms with Crippen LogP contribution < -0.4 is 10.2 Å². The zero-order valence-electron chi connectivity index (χ0n) is 16.5. The zero-order valence-corrected chi connectivity index (χ0v) is 17.3. The number of carbonyl (C=O) groups excluding carboxylic acids is 2. The van der Waals surface area contributed by atoms with Crippen molar-refractivity contribution in [3.05, 3.63) is 64.7 Å². The molecule has 160 valence electrons. The van der Waals surface area contributed by atoms with Crippen LogP contribution in [0.25, 0.3) is 10.6 Å². The van der Waals surface area contributed by atoms with E-state index in [9.17, 15) is 22.8 Å². The molecule has 0 unspecified atom stereocenters. The fraction of sp³-hybridized carbons (Fsp3) is 0.227. The molecule has 1 N–H and O–H groups in total. The maximum atomic E-state index is 12.8. The molecule has 3 aromatic rings. The summed E-state index contributed by atoms with van der Waals surface area (Å²) in [5.74, 6) is -0.305. The quantitative estimate of drug-likeness (QED) is 0.576. The molecule has 1 saturated heterocycles. The van der Waals surface area contributed by atoms with Crippen LogP contribution in [0.5, 0.6) is 0 Å². The van der Waals surface area contributed by atoms with E-state index in [2.05, 4.69) is 10.3 Å². The Hall–Kier alpha value is -3.20. The molecule has 1 aromatic heterocycles. The van der Waals surface area contributed by atoms with Gasteiger partial charge >= 0.3 is 6.18 Å². The fourth-order valence-corrected chi connectivity index (χ4v) is 4.36.